The van der Waals surface area contributed by atoms with E-state index in [0.717, 1.165) is 0 Å². The molecule has 0 heterocycles. The molecule has 0 aromatic carbocycles. The zero-order chi connectivity index (χ0) is 11.2. The molecule has 7 heteroatoms. The van der Waals surface area contributed by atoms with Crippen LogP contribution >= 0.6 is 28.6 Å². The molecule has 84 valence electrons. The van der Waals surface area contributed by atoms with Gasteiger partial charge in [0.15, 0.2) is 0 Å². The summed E-state index contributed by atoms with van der Waals surface area (Å²) in [6.07, 6.45) is -3.10. The predicted octanol–water partition coefficient (Wildman–Crippen LogP) is 3.18. The number of carbonyl (C=O) groups is 1. The van der Waals surface area contributed by atoms with Gasteiger partial charge in [0, 0.05) is 0 Å². The van der Waals surface area contributed by atoms with Crippen LogP contribution in [0, 0.1) is 5.92 Å². The average molecular weight is 263 g/mol. The van der Waals surface area contributed by atoms with Crippen molar-refractivity contribution in [3.63, 3.8) is 0 Å². The van der Waals surface area contributed by atoms with Crippen molar-refractivity contribution in [2.45, 2.75) is 20.3 Å². The summed E-state index contributed by atoms with van der Waals surface area (Å²) < 4.78 is 20.0. The first-order chi connectivity index (χ1) is 6.37. The van der Waals surface area contributed by atoms with E-state index >= 15 is 0 Å². The molecule has 0 aliphatic carbocycles. The highest BCUT2D eigenvalue weighted by molar-refractivity contribution is 8.05. The van der Waals surface area contributed by atoms with Crippen molar-refractivity contribution in [1.29, 1.82) is 0 Å². The standard InChI is InChI=1S/C7H13Cl2O4P/c1-3-12-7(10)6(2)4-5-13-14(8,9)11/h6H,3-5H2,1-2H3/t6-/m1/s1. The van der Waals surface area contributed by atoms with Gasteiger partial charge in [0.05, 0.1) is 19.1 Å². The Bertz CT molecular complexity index is 228. The van der Waals surface area contributed by atoms with Gasteiger partial charge in [-0.2, -0.15) is 0 Å². The molecule has 0 rings (SSSR count). The first kappa shape index (κ1) is 14.2. The second kappa shape index (κ2) is 6.67. The summed E-state index contributed by atoms with van der Waals surface area (Å²) in [7, 11) is 0. The van der Waals surface area contributed by atoms with Crippen LogP contribution < -0.4 is 0 Å². The second-order valence-corrected chi connectivity index (χ2v) is 6.97. The van der Waals surface area contributed by atoms with E-state index < -0.39 is 6.07 Å². The van der Waals surface area contributed by atoms with Crippen molar-refractivity contribution in [2.75, 3.05) is 13.2 Å². The summed E-state index contributed by atoms with van der Waals surface area (Å²) in [6.45, 7) is 3.83. The molecule has 4 nitrogen and oxygen atoms in total. The zero-order valence-electron chi connectivity index (χ0n) is 8.03. The molecule has 0 amide bonds. The van der Waals surface area contributed by atoms with Crippen LogP contribution in [-0.2, 0) is 18.6 Å². The summed E-state index contributed by atoms with van der Waals surface area (Å²) in [5, 5.41) is 0. The van der Waals surface area contributed by atoms with E-state index in [1.807, 2.05) is 0 Å². The molecule has 0 aliphatic rings. The summed E-state index contributed by atoms with van der Waals surface area (Å²) in [5.41, 5.74) is 0. The smallest absolute Gasteiger partial charge is 0.380 e. The van der Waals surface area contributed by atoms with E-state index in [-0.39, 0.29) is 18.5 Å². The molecule has 0 unspecified atom stereocenters. The monoisotopic (exact) mass is 262 g/mol. The van der Waals surface area contributed by atoms with Crippen LogP contribution in [0.3, 0.4) is 0 Å². The third-order valence-electron chi connectivity index (χ3n) is 1.48. The van der Waals surface area contributed by atoms with Crippen LogP contribution in [0.4, 0.5) is 0 Å². The van der Waals surface area contributed by atoms with Crippen molar-refractivity contribution < 1.29 is 18.6 Å². The minimum atomic E-state index is -3.48. The van der Waals surface area contributed by atoms with Crippen molar-refractivity contribution in [3.8, 4) is 0 Å². The minimum absolute atomic E-state index is 0.0737. The Kier molecular flexibility index (Phi) is 6.79. The van der Waals surface area contributed by atoms with Crippen LogP contribution in [0.5, 0.6) is 0 Å². The van der Waals surface area contributed by atoms with Gasteiger partial charge in [-0.15, -0.1) is 0 Å². The number of rotatable bonds is 6. The highest BCUT2D eigenvalue weighted by Gasteiger charge is 2.18. The summed E-state index contributed by atoms with van der Waals surface area (Å²) in [4.78, 5) is 11.1. The Morgan fingerprint density at radius 3 is 2.50 bits per heavy atom. The first-order valence-electron chi connectivity index (χ1n) is 4.17. The summed E-state index contributed by atoms with van der Waals surface area (Å²) in [5.74, 6) is -0.620. The van der Waals surface area contributed by atoms with Gasteiger partial charge in [-0.3, -0.25) is 9.36 Å². The number of carbonyl (C=O) groups excluding carboxylic acids is 1. The normalized spacial score (nSPS) is 13.7. The molecular formula is C7H13Cl2O4P. The molecule has 0 aromatic heterocycles. The molecule has 0 N–H and O–H groups in total. The van der Waals surface area contributed by atoms with E-state index in [4.69, 9.17) is 27.2 Å². The van der Waals surface area contributed by atoms with Crippen molar-refractivity contribution >= 4 is 34.5 Å². The molecule has 0 spiro atoms. The van der Waals surface area contributed by atoms with E-state index in [1.54, 1.807) is 13.8 Å². The fourth-order valence-corrected chi connectivity index (χ4v) is 1.47. The van der Waals surface area contributed by atoms with Gasteiger partial charge in [-0.25, -0.2) is 0 Å². The van der Waals surface area contributed by atoms with Crippen LogP contribution in [-0.4, -0.2) is 19.2 Å². The molecule has 1 atom stereocenters. The van der Waals surface area contributed by atoms with Gasteiger partial charge < -0.3 is 9.26 Å². The minimum Gasteiger partial charge on any atom is -0.466 e. The molecule has 14 heavy (non-hydrogen) atoms. The largest absolute Gasteiger partial charge is 0.466 e. The molecule has 0 saturated carbocycles. The lowest BCUT2D eigenvalue weighted by atomic mass is 10.1. The molecular weight excluding hydrogens is 250 g/mol. The van der Waals surface area contributed by atoms with Crippen molar-refractivity contribution in [1.82, 2.24) is 0 Å². The third kappa shape index (κ3) is 7.63. The number of hydrogen-bond acceptors (Lipinski definition) is 4. The average Bonchev–Trinajstić information content (AvgIpc) is 2.02. The number of ether oxygens (including phenoxy) is 1. The van der Waals surface area contributed by atoms with Gasteiger partial charge in [-0.1, -0.05) is 6.92 Å². The maximum atomic E-state index is 11.1. The van der Waals surface area contributed by atoms with E-state index in [1.165, 1.54) is 0 Å². The Labute approximate surface area is 92.9 Å². The van der Waals surface area contributed by atoms with Crippen LogP contribution in [0.1, 0.15) is 20.3 Å². The number of hydrogen-bond donors (Lipinski definition) is 0. The van der Waals surface area contributed by atoms with E-state index in [2.05, 4.69) is 4.52 Å². The molecule has 0 saturated heterocycles. The second-order valence-electron chi connectivity index (χ2n) is 2.69. The zero-order valence-corrected chi connectivity index (χ0v) is 10.4. The Morgan fingerprint density at radius 2 is 2.07 bits per heavy atom. The maximum Gasteiger partial charge on any atom is 0.380 e. The maximum absolute atomic E-state index is 11.1. The SMILES string of the molecule is CCOC(=O)[C@H](C)CCOP(=O)(Cl)Cl. The lowest BCUT2D eigenvalue weighted by Gasteiger charge is -2.10. The van der Waals surface area contributed by atoms with Crippen LogP contribution in [0.2, 0.25) is 0 Å². The number of halogens is 2. The van der Waals surface area contributed by atoms with E-state index in [0.29, 0.717) is 13.0 Å². The van der Waals surface area contributed by atoms with Crippen LogP contribution in [0.25, 0.3) is 0 Å². The van der Waals surface area contributed by atoms with Gasteiger partial charge >= 0.3 is 12.0 Å². The van der Waals surface area contributed by atoms with Gasteiger partial charge in [-0.05, 0) is 35.8 Å². The summed E-state index contributed by atoms with van der Waals surface area (Å²) in [6, 6.07) is 0. The Morgan fingerprint density at radius 1 is 1.50 bits per heavy atom. The van der Waals surface area contributed by atoms with Crippen molar-refractivity contribution in [2.24, 2.45) is 5.92 Å². The molecule has 0 bridgehead atoms. The van der Waals surface area contributed by atoms with Crippen LogP contribution in [0.15, 0.2) is 0 Å². The Hall–Kier alpha value is 0.240. The topological polar surface area (TPSA) is 52.6 Å². The highest BCUT2D eigenvalue weighted by atomic mass is 35.9. The Balaban J connectivity index is 3.69. The highest BCUT2D eigenvalue weighted by Crippen LogP contribution is 2.57. The van der Waals surface area contributed by atoms with Crippen molar-refractivity contribution in [3.05, 3.63) is 0 Å². The third-order valence-corrected chi connectivity index (χ3v) is 2.55. The lowest BCUT2D eigenvalue weighted by Crippen LogP contribution is -2.16. The molecule has 0 aliphatic heterocycles. The summed E-state index contributed by atoms with van der Waals surface area (Å²) >= 11 is 10.3. The molecule has 0 fully saturated rings. The first-order valence-corrected chi connectivity index (χ1v) is 7.60. The van der Waals surface area contributed by atoms with Gasteiger partial charge in [0.1, 0.15) is 0 Å². The fourth-order valence-electron chi connectivity index (χ4n) is 0.738. The number of esters is 1. The fraction of sp³-hybridized carbons (Fsp3) is 0.857. The molecule has 0 radical (unpaired) electrons. The van der Waals surface area contributed by atoms with Gasteiger partial charge in [0.25, 0.3) is 0 Å². The quantitative estimate of drug-likeness (QED) is 0.545. The van der Waals surface area contributed by atoms with E-state index in [9.17, 15) is 9.36 Å². The van der Waals surface area contributed by atoms with Gasteiger partial charge in [0.2, 0.25) is 0 Å². The predicted molar refractivity (Wildman–Crippen MR) is 55.7 cm³/mol. The molecule has 0 aromatic rings. The lowest BCUT2D eigenvalue weighted by molar-refractivity contribution is -0.147.